The highest BCUT2D eigenvalue weighted by Crippen LogP contribution is 2.08. The molecule has 0 spiro atoms. The maximum atomic E-state index is 8.69. The molecule has 1 N–H and O–H groups in total. The molecule has 0 unspecified atom stereocenters. The van der Waals surface area contributed by atoms with Gasteiger partial charge in [0.2, 0.25) is 0 Å². The van der Waals surface area contributed by atoms with E-state index in [1.54, 1.807) is 6.20 Å². The fourth-order valence-corrected chi connectivity index (χ4v) is 1.20. The Morgan fingerprint density at radius 2 is 2.33 bits per heavy atom. The molecular formula is C10H15NO. The van der Waals surface area contributed by atoms with Crippen LogP contribution in [0.4, 0.5) is 0 Å². The molecule has 0 aliphatic carbocycles. The average Bonchev–Trinajstić information content (AvgIpc) is 2.06. The molecule has 1 aromatic heterocycles. The molecule has 2 nitrogen and oxygen atoms in total. The van der Waals surface area contributed by atoms with Crippen molar-refractivity contribution < 1.29 is 5.11 Å². The van der Waals surface area contributed by atoms with Crippen LogP contribution in [0, 0.1) is 5.92 Å². The van der Waals surface area contributed by atoms with Crippen LogP contribution in [0.25, 0.3) is 0 Å². The standard InChI is InChI=1S/C10H15NO/c1-9(5-7-12)8-10-4-2-3-6-11-10/h2-4,6,9,12H,5,7-8H2,1H3/t9-/m0/s1. The van der Waals surface area contributed by atoms with Crippen LogP contribution in [0.3, 0.4) is 0 Å². The lowest BCUT2D eigenvalue weighted by Gasteiger charge is -2.07. The van der Waals surface area contributed by atoms with Crippen LogP contribution in [0.2, 0.25) is 0 Å². The van der Waals surface area contributed by atoms with Crippen molar-refractivity contribution in [1.29, 1.82) is 0 Å². The van der Waals surface area contributed by atoms with E-state index in [9.17, 15) is 0 Å². The van der Waals surface area contributed by atoms with Crippen LogP contribution < -0.4 is 0 Å². The van der Waals surface area contributed by atoms with Crippen LogP contribution in [0.1, 0.15) is 19.0 Å². The highest BCUT2D eigenvalue weighted by Gasteiger charge is 2.02. The lowest BCUT2D eigenvalue weighted by molar-refractivity contribution is 0.262. The molecule has 0 saturated heterocycles. The molecule has 0 aliphatic heterocycles. The van der Waals surface area contributed by atoms with Crippen molar-refractivity contribution in [3.63, 3.8) is 0 Å². The first kappa shape index (κ1) is 9.20. The molecule has 1 aromatic rings. The minimum absolute atomic E-state index is 0.272. The summed E-state index contributed by atoms with van der Waals surface area (Å²) < 4.78 is 0. The number of nitrogens with zero attached hydrogens (tertiary/aromatic N) is 1. The topological polar surface area (TPSA) is 33.1 Å². The molecule has 0 bridgehead atoms. The SMILES string of the molecule is C[C@@H](CCO)Cc1ccccn1. The Hall–Kier alpha value is -0.890. The monoisotopic (exact) mass is 165 g/mol. The van der Waals surface area contributed by atoms with Gasteiger partial charge < -0.3 is 5.11 Å². The van der Waals surface area contributed by atoms with E-state index >= 15 is 0 Å². The van der Waals surface area contributed by atoms with E-state index in [1.807, 2.05) is 18.2 Å². The molecule has 0 aromatic carbocycles. The number of hydrogen-bond acceptors (Lipinski definition) is 2. The molecule has 1 heterocycles. The van der Waals surface area contributed by atoms with Gasteiger partial charge in [-0.05, 0) is 30.9 Å². The summed E-state index contributed by atoms with van der Waals surface area (Å²) >= 11 is 0. The van der Waals surface area contributed by atoms with Crippen LogP contribution in [0.5, 0.6) is 0 Å². The molecule has 0 saturated carbocycles. The van der Waals surface area contributed by atoms with Gasteiger partial charge in [-0.25, -0.2) is 0 Å². The van der Waals surface area contributed by atoms with Crippen molar-refractivity contribution in [3.8, 4) is 0 Å². The summed E-state index contributed by atoms with van der Waals surface area (Å²) in [7, 11) is 0. The van der Waals surface area contributed by atoms with Gasteiger partial charge in [-0.15, -0.1) is 0 Å². The first-order valence-electron chi connectivity index (χ1n) is 4.33. The van der Waals surface area contributed by atoms with E-state index in [2.05, 4.69) is 11.9 Å². The lowest BCUT2D eigenvalue weighted by Crippen LogP contribution is -2.03. The fraction of sp³-hybridized carbons (Fsp3) is 0.500. The second kappa shape index (κ2) is 4.88. The van der Waals surface area contributed by atoms with Gasteiger partial charge in [0.1, 0.15) is 0 Å². The molecule has 0 aliphatic rings. The predicted octanol–water partition coefficient (Wildman–Crippen LogP) is 1.64. The van der Waals surface area contributed by atoms with Crippen LogP contribution in [-0.4, -0.2) is 16.7 Å². The van der Waals surface area contributed by atoms with Crippen LogP contribution in [0.15, 0.2) is 24.4 Å². The van der Waals surface area contributed by atoms with Gasteiger partial charge in [0.05, 0.1) is 0 Å². The van der Waals surface area contributed by atoms with E-state index in [4.69, 9.17) is 5.11 Å². The third-order valence-corrected chi connectivity index (χ3v) is 1.91. The number of rotatable bonds is 4. The lowest BCUT2D eigenvalue weighted by atomic mass is 10.0. The second-order valence-corrected chi connectivity index (χ2v) is 3.14. The van der Waals surface area contributed by atoms with E-state index in [0.717, 1.165) is 18.5 Å². The molecule has 1 rings (SSSR count). The van der Waals surface area contributed by atoms with Crippen LogP contribution in [-0.2, 0) is 6.42 Å². The van der Waals surface area contributed by atoms with Crippen molar-refractivity contribution in [3.05, 3.63) is 30.1 Å². The van der Waals surface area contributed by atoms with Gasteiger partial charge in [-0.2, -0.15) is 0 Å². The highest BCUT2D eigenvalue weighted by molar-refractivity contribution is 5.03. The molecule has 0 fully saturated rings. The Labute approximate surface area is 73.3 Å². The summed E-state index contributed by atoms with van der Waals surface area (Å²) in [5.41, 5.74) is 1.11. The normalized spacial score (nSPS) is 12.8. The van der Waals surface area contributed by atoms with Gasteiger partial charge in [0, 0.05) is 18.5 Å². The van der Waals surface area contributed by atoms with Gasteiger partial charge >= 0.3 is 0 Å². The van der Waals surface area contributed by atoms with Gasteiger partial charge in [-0.1, -0.05) is 13.0 Å². The van der Waals surface area contributed by atoms with E-state index in [0.29, 0.717) is 5.92 Å². The molecule has 0 amide bonds. The predicted molar refractivity (Wildman–Crippen MR) is 48.8 cm³/mol. The number of aliphatic hydroxyl groups excluding tert-OH is 1. The molecule has 1 atom stereocenters. The molecule has 2 heteroatoms. The zero-order chi connectivity index (χ0) is 8.81. The van der Waals surface area contributed by atoms with Gasteiger partial charge in [0.15, 0.2) is 0 Å². The summed E-state index contributed by atoms with van der Waals surface area (Å²) in [6, 6.07) is 5.93. The Morgan fingerprint density at radius 1 is 1.50 bits per heavy atom. The molecule has 0 radical (unpaired) electrons. The summed E-state index contributed by atoms with van der Waals surface area (Å²) in [5.74, 6) is 0.518. The first-order valence-corrected chi connectivity index (χ1v) is 4.33. The zero-order valence-electron chi connectivity index (χ0n) is 7.40. The summed E-state index contributed by atoms with van der Waals surface area (Å²) in [6.07, 6.45) is 3.62. The molecule has 66 valence electrons. The third kappa shape index (κ3) is 3.01. The minimum atomic E-state index is 0.272. The van der Waals surface area contributed by atoms with E-state index in [-0.39, 0.29) is 6.61 Å². The summed E-state index contributed by atoms with van der Waals surface area (Å²) in [4.78, 5) is 4.22. The first-order chi connectivity index (χ1) is 5.83. The maximum absolute atomic E-state index is 8.69. The maximum Gasteiger partial charge on any atom is 0.0433 e. The van der Waals surface area contributed by atoms with E-state index in [1.165, 1.54) is 0 Å². The van der Waals surface area contributed by atoms with Gasteiger partial charge in [0.25, 0.3) is 0 Å². The summed E-state index contributed by atoms with van der Waals surface area (Å²) in [5, 5.41) is 8.69. The number of hydrogen-bond donors (Lipinski definition) is 1. The van der Waals surface area contributed by atoms with Crippen molar-refractivity contribution in [2.24, 2.45) is 5.92 Å². The van der Waals surface area contributed by atoms with Crippen molar-refractivity contribution in [2.75, 3.05) is 6.61 Å². The quantitative estimate of drug-likeness (QED) is 0.735. The average molecular weight is 165 g/mol. The van der Waals surface area contributed by atoms with E-state index < -0.39 is 0 Å². The minimum Gasteiger partial charge on any atom is -0.396 e. The Morgan fingerprint density at radius 3 is 2.92 bits per heavy atom. The number of aromatic nitrogens is 1. The second-order valence-electron chi connectivity index (χ2n) is 3.14. The smallest absolute Gasteiger partial charge is 0.0433 e. The van der Waals surface area contributed by atoms with Crippen LogP contribution >= 0.6 is 0 Å². The molecular weight excluding hydrogens is 150 g/mol. The largest absolute Gasteiger partial charge is 0.396 e. The van der Waals surface area contributed by atoms with Gasteiger partial charge in [-0.3, -0.25) is 4.98 Å². The van der Waals surface area contributed by atoms with Crippen molar-refractivity contribution >= 4 is 0 Å². The number of pyridine rings is 1. The Kier molecular flexibility index (Phi) is 3.74. The third-order valence-electron chi connectivity index (χ3n) is 1.91. The summed E-state index contributed by atoms with van der Waals surface area (Å²) in [6.45, 7) is 2.40. The number of aliphatic hydroxyl groups is 1. The zero-order valence-corrected chi connectivity index (χ0v) is 7.40. The fourth-order valence-electron chi connectivity index (χ4n) is 1.20. The Bertz CT molecular complexity index is 210. The highest BCUT2D eigenvalue weighted by atomic mass is 16.3. The molecule has 12 heavy (non-hydrogen) atoms. The Balaban J connectivity index is 2.41. The van der Waals surface area contributed by atoms with Crippen molar-refractivity contribution in [2.45, 2.75) is 19.8 Å². The van der Waals surface area contributed by atoms with Crippen molar-refractivity contribution in [1.82, 2.24) is 4.98 Å².